The maximum absolute atomic E-state index is 14.0. The third-order valence-corrected chi connectivity index (χ3v) is 14.2. The number of urea groups is 1. The van der Waals surface area contributed by atoms with Gasteiger partial charge >= 0.3 is 18.1 Å². The molecule has 4 amide bonds. The van der Waals surface area contributed by atoms with E-state index >= 15 is 0 Å². The first-order valence-electron chi connectivity index (χ1n) is 27.2. The number of hydrogen-bond acceptors (Lipinski definition) is 14. The quantitative estimate of drug-likeness (QED) is 0.0303. The van der Waals surface area contributed by atoms with Crippen molar-refractivity contribution in [1.82, 2.24) is 34.6 Å². The number of nitrogen functional groups attached to an aromatic ring is 1. The number of aliphatic carboxylic acids is 1. The van der Waals surface area contributed by atoms with E-state index in [0.717, 1.165) is 54.8 Å². The highest BCUT2D eigenvalue weighted by Crippen LogP contribution is 2.26. The number of piperazine rings is 1. The number of aromatic nitrogens is 3. The predicted octanol–water partition coefficient (Wildman–Crippen LogP) is 6.91. The van der Waals surface area contributed by atoms with Crippen LogP contribution in [0.1, 0.15) is 120 Å². The smallest absolute Gasteiger partial charge is 0.410 e. The Morgan fingerprint density at radius 3 is 2.21 bits per heavy atom. The number of anilines is 2. The van der Waals surface area contributed by atoms with Gasteiger partial charge in [0.1, 0.15) is 23.7 Å². The zero-order valence-corrected chi connectivity index (χ0v) is 46.0. The van der Waals surface area contributed by atoms with E-state index in [2.05, 4.69) is 62.1 Å². The Bertz CT molecular complexity index is 2610. The van der Waals surface area contributed by atoms with E-state index in [4.69, 9.17) is 26.0 Å². The third-order valence-electron chi connectivity index (χ3n) is 14.2. The molecule has 2 aromatic heterocycles. The Labute approximate surface area is 453 Å². The number of nitrogens with zero attached hydrogens (tertiary/aromatic N) is 6. The second-order valence-electron chi connectivity index (χ2n) is 20.7. The molecule has 1 fully saturated rings. The zero-order chi connectivity index (χ0) is 56.0. The Morgan fingerprint density at radius 1 is 0.818 bits per heavy atom. The van der Waals surface area contributed by atoms with Crippen LogP contribution in [-0.4, -0.2) is 141 Å². The number of unbranched alkanes of at least 4 members (excludes halogenated alkanes) is 2. The molecule has 20 nitrogen and oxygen atoms in total. The van der Waals surface area contributed by atoms with Crippen molar-refractivity contribution in [3.63, 3.8) is 0 Å². The minimum absolute atomic E-state index is 0.0155. The lowest BCUT2D eigenvalue weighted by Gasteiger charge is -2.34. The third kappa shape index (κ3) is 19.5. The Balaban J connectivity index is 1.07. The molecule has 1 aliphatic heterocycles. The molecule has 1 saturated heterocycles. The highest BCUT2D eigenvalue weighted by atomic mass is 16.6. The summed E-state index contributed by atoms with van der Waals surface area (Å²) in [6, 6.07) is 14.2. The SMILES string of the molecule is CCCCCNc1nc(N)nc2ccn(Cc3ccc(CN4CCN(C(=O)OCc5ccc(CC(=O)[C@H](CCCNC(N)=O)N(C)C(=O)[C@@H](CC(=O)CCOCCCC(=O)C(C)CC(=O)O)C(C)C)cc5)CC4)cc3C)c12. The van der Waals surface area contributed by atoms with E-state index in [9.17, 15) is 33.6 Å². The summed E-state index contributed by atoms with van der Waals surface area (Å²) in [6.45, 7) is 14.9. The van der Waals surface area contributed by atoms with E-state index in [0.29, 0.717) is 51.1 Å². The average Bonchev–Trinajstić information content (AvgIpc) is 3.81. The number of nitrogens with one attached hydrogen (secondary N) is 2. The van der Waals surface area contributed by atoms with Crippen molar-refractivity contribution in [1.29, 1.82) is 0 Å². The highest BCUT2D eigenvalue weighted by molar-refractivity contribution is 5.93. The molecular formula is C57H82N10O10. The summed E-state index contributed by atoms with van der Waals surface area (Å²) in [4.78, 5) is 103. The van der Waals surface area contributed by atoms with E-state index in [1.807, 2.05) is 38.2 Å². The molecule has 2 aromatic carbocycles. The second kappa shape index (κ2) is 30.7. The molecule has 0 bridgehead atoms. The molecular weight excluding hydrogens is 985 g/mol. The van der Waals surface area contributed by atoms with Crippen molar-refractivity contribution in [2.24, 2.45) is 23.5 Å². The topological polar surface area (TPSA) is 275 Å². The van der Waals surface area contributed by atoms with E-state index in [-0.39, 0.29) is 100 Å². The Morgan fingerprint density at radius 2 is 1.53 bits per heavy atom. The number of Topliss-reactive ketones (excluding diaryl/α,β-unsaturated/α-hetero) is 3. The van der Waals surface area contributed by atoms with Gasteiger partial charge in [-0.1, -0.05) is 83.0 Å². The summed E-state index contributed by atoms with van der Waals surface area (Å²) < 4.78 is 13.5. The van der Waals surface area contributed by atoms with Crippen molar-refractivity contribution in [3.8, 4) is 0 Å². The number of carbonyl (C=O) groups is 7. The van der Waals surface area contributed by atoms with Gasteiger partial charge in [-0.05, 0) is 72.4 Å². The van der Waals surface area contributed by atoms with E-state index in [1.54, 1.807) is 31.0 Å². The maximum atomic E-state index is 14.0. The van der Waals surface area contributed by atoms with Gasteiger partial charge in [0.25, 0.3) is 0 Å². The minimum Gasteiger partial charge on any atom is -0.481 e. The number of carbonyl (C=O) groups excluding carboxylic acids is 6. The van der Waals surface area contributed by atoms with Crippen molar-refractivity contribution in [2.45, 2.75) is 131 Å². The number of fused-ring (bicyclic) bond motifs is 1. The van der Waals surface area contributed by atoms with Gasteiger partial charge < -0.3 is 51.0 Å². The predicted molar refractivity (Wildman–Crippen MR) is 295 cm³/mol. The number of nitrogens with two attached hydrogens (primary N) is 2. The molecule has 3 atom stereocenters. The van der Waals surface area contributed by atoms with E-state index in [1.165, 1.54) is 21.6 Å². The largest absolute Gasteiger partial charge is 0.481 e. The number of ketones is 3. The van der Waals surface area contributed by atoms with Crippen molar-refractivity contribution in [2.75, 3.05) is 70.6 Å². The van der Waals surface area contributed by atoms with Crippen LogP contribution < -0.4 is 22.1 Å². The lowest BCUT2D eigenvalue weighted by Crippen LogP contribution is -2.48. The van der Waals surface area contributed by atoms with Crippen LogP contribution in [0.5, 0.6) is 0 Å². The number of carboxylic acid groups (broad SMARTS) is 1. The van der Waals surface area contributed by atoms with Gasteiger partial charge in [0.15, 0.2) is 11.6 Å². The number of primary amides is 1. The molecule has 1 unspecified atom stereocenters. The molecule has 7 N–H and O–H groups in total. The number of rotatable bonds is 33. The summed E-state index contributed by atoms with van der Waals surface area (Å²) >= 11 is 0. The number of aryl methyl sites for hydroxylation is 1. The van der Waals surface area contributed by atoms with Crippen molar-refractivity contribution >= 4 is 64.2 Å². The van der Waals surface area contributed by atoms with Crippen LogP contribution in [0.3, 0.4) is 0 Å². The molecule has 0 aliphatic carbocycles. The van der Waals surface area contributed by atoms with Crippen LogP contribution in [0.25, 0.3) is 11.0 Å². The average molecular weight is 1070 g/mol. The van der Waals surface area contributed by atoms with Crippen LogP contribution >= 0.6 is 0 Å². The number of benzene rings is 2. The fourth-order valence-electron chi connectivity index (χ4n) is 9.54. The summed E-state index contributed by atoms with van der Waals surface area (Å²) in [6.07, 6.45) is 5.99. The Hall–Kier alpha value is -6.93. The van der Waals surface area contributed by atoms with Crippen LogP contribution in [0.2, 0.25) is 0 Å². The lowest BCUT2D eigenvalue weighted by atomic mass is 9.87. The molecule has 0 spiro atoms. The normalized spacial score (nSPS) is 14.0. The summed E-state index contributed by atoms with van der Waals surface area (Å²) in [5.74, 6) is -2.40. The molecule has 420 valence electrons. The lowest BCUT2D eigenvalue weighted by molar-refractivity contribution is -0.144. The molecule has 3 heterocycles. The molecule has 5 rings (SSSR count). The molecule has 0 saturated carbocycles. The standard InChI is InChI=1S/C57H82N10O10/c1-7-8-9-22-60-53-52-47(62-55(58)63-53)20-24-67(52)36-44-19-18-43(31-39(44)4)35-65-25-27-66(28-26-65)57(75)77-37-42-16-14-41(15-17-42)33-50(70)48(12-10-23-61-56(59)74)64(6)54(73)46(38(2)3)34-45(68)21-30-76-29-11-13-49(69)40(5)32-51(71)72/h14-20,24,31,38,40,46,48H,7-13,21-23,25-30,32-37H2,1-6H3,(H,71,72)(H3,59,61,74)(H3,58,60,62,63)/t40?,46-,48-/m0/s1. The van der Waals surface area contributed by atoms with Crippen molar-refractivity contribution in [3.05, 3.63) is 82.5 Å². The fourth-order valence-corrected chi connectivity index (χ4v) is 9.54. The molecule has 20 heteroatoms. The molecule has 1 aliphatic rings. The monoisotopic (exact) mass is 1070 g/mol. The number of amides is 4. The van der Waals surface area contributed by atoms with E-state index < -0.39 is 36.0 Å². The first-order valence-corrected chi connectivity index (χ1v) is 27.2. The summed E-state index contributed by atoms with van der Waals surface area (Å²) in [7, 11) is 1.57. The number of hydrogen-bond donors (Lipinski definition) is 5. The maximum Gasteiger partial charge on any atom is 0.410 e. The summed E-state index contributed by atoms with van der Waals surface area (Å²) in [5, 5.41) is 14.9. The zero-order valence-electron chi connectivity index (χ0n) is 46.0. The van der Waals surface area contributed by atoms with Crippen molar-refractivity contribution < 1.29 is 48.1 Å². The highest BCUT2D eigenvalue weighted by Gasteiger charge is 2.34. The van der Waals surface area contributed by atoms with Gasteiger partial charge in [-0.25, -0.2) is 14.6 Å². The van der Waals surface area contributed by atoms with Gasteiger partial charge in [-0.3, -0.25) is 28.9 Å². The second-order valence-corrected chi connectivity index (χ2v) is 20.7. The summed E-state index contributed by atoms with van der Waals surface area (Å²) in [5.41, 5.74) is 18.1. The van der Waals surface area contributed by atoms with Crippen LogP contribution in [-0.2, 0) is 59.6 Å². The number of carboxylic acids is 1. The van der Waals surface area contributed by atoms with Crippen LogP contribution in [0.15, 0.2) is 54.7 Å². The van der Waals surface area contributed by atoms with Gasteiger partial charge in [0.2, 0.25) is 11.9 Å². The first-order chi connectivity index (χ1) is 36.8. The van der Waals surface area contributed by atoms with Crippen LogP contribution in [0, 0.1) is 24.7 Å². The Kier molecular flexibility index (Phi) is 24.3. The fraction of sp³-hybridized carbons (Fsp3) is 0.561. The number of likely N-dealkylation sites (N-methyl/N-ethyl adjacent to an activating group) is 1. The first kappa shape index (κ1) is 60.9. The van der Waals surface area contributed by atoms with Gasteiger partial charge in [-0.15, -0.1) is 0 Å². The number of ether oxygens (including phenoxy) is 2. The van der Waals surface area contributed by atoms with Gasteiger partial charge in [0.05, 0.1) is 24.6 Å². The molecule has 4 aromatic rings. The van der Waals surface area contributed by atoms with Gasteiger partial charge in [-0.2, -0.15) is 4.98 Å². The van der Waals surface area contributed by atoms with Crippen LogP contribution in [0.4, 0.5) is 21.4 Å². The van der Waals surface area contributed by atoms with Gasteiger partial charge in [0, 0.05) is 110 Å². The minimum atomic E-state index is -1.03. The molecule has 77 heavy (non-hydrogen) atoms. The molecule has 0 radical (unpaired) electrons.